The number of methoxy groups -OCH3 is 1. The minimum absolute atomic E-state index is 0.00946. The summed E-state index contributed by atoms with van der Waals surface area (Å²) in [5.41, 5.74) is 10.7. The standard InChI is InChI=1S/C20H19FN2O2/c1-25-20-9-5-14(10-17(20)21)15-4-8-19(18(22)11-15)23-16-6-2-13(12-24)3-7-16/h2-11,23-24H,12,22H2,1H3. The van der Waals surface area contributed by atoms with Gasteiger partial charge in [0.1, 0.15) is 0 Å². The SMILES string of the molecule is COc1ccc(-c2ccc(Nc3ccc(CO)cc3)c(N)c2)cc1F. The number of rotatable bonds is 5. The first-order valence-corrected chi connectivity index (χ1v) is 7.81. The van der Waals surface area contributed by atoms with Crippen molar-refractivity contribution >= 4 is 17.1 Å². The maximum absolute atomic E-state index is 13.9. The van der Waals surface area contributed by atoms with Gasteiger partial charge in [0.15, 0.2) is 11.6 Å². The molecule has 4 nitrogen and oxygen atoms in total. The molecule has 0 spiro atoms. The molecule has 128 valence electrons. The van der Waals surface area contributed by atoms with Gasteiger partial charge in [-0.05, 0) is 53.1 Å². The van der Waals surface area contributed by atoms with Crippen molar-refractivity contribution in [1.82, 2.24) is 0 Å². The van der Waals surface area contributed by atoms with Gasteiger partial charge in [-0.15, -0.1) is 0 Å². The van der Waals surface area contributed by atoms with E-state index < -0.39 is 5.82 Å². The van der Waals surface area contributed by atoms with Crippen LogP contribution in [-0.4, -0.2) is 12.2 Å². The van der Waals surface area contributed by atoms with E-state index in [2.05, 4.69) is 5.32 Å². The highest BCUT2D eigenvalue weighted by Crippen LogP contribution is 2.31. The van der Waals surface area contributed by atoms with E-state index in [0.29, 0.717) is 5.69 Å². The summed E-state index contributed by atoms with van der Waals surface area (Å²) in [6.45, 7) is 0.00946. The molecule has 0 atom stereocenters. The Kier molecular flexibility index (Phi) is 4.86. The fraction of sp³-hybridized carbons (Fsp3) is 0.100. The van der Waals surface area contributed by atoms with Gasteiger partial charge in [0.25, 0.3) is 0 Å². The van der Waals surface area contributed by atoms with Crippen LogP contribution >= 0.6 is 0 Å². The second-order valence-electron chi connectivity index (χ2n) is 5.63. The van der Waals surface area contributed by atoms with Crippen LogP contribution in [0.25, 0.3) is 11.1 Å². The van der Waals surface area contributed by atoms with Crippen LogP contribution < -0.4 is 15.8 Å². The van der Waals surface area contributed by atoms with E-state index in [1.165, 1.54) is 13.2 Å². The molecule has 0 aromatic heterocycles. The number of hydrogen-bond donors (Lipinski definition) is 3. The van der Waals surface area contributed by atoms with Crippen molar-refractivity contribution < 1.29 is 14.2 Å². The zero-order chi connectivity index (χ0) is 17.8. The summed E-state index contributed by atoms with van der Waals surface area (Å²) in [6.07, 6.45) is 0. The molecule has 0 fully saturated rings. The first kappa shape index (κ1) is 16.8. The van der Waals surface area contributed by atoms with Gasteiger partial charge in [0.2, 0.25) is 0 Å². The highest BCUT2D eigenvalue weighted by molar-refractivity contribution is 5.79. The molecule has 3 aromatic carbocycles. The lowest BCUT2D eigenvalue weighted by Gasteiger charge is -2.12. The molecule has 0 heterocycles. The predicted octanol–water partition coefficient (Wildman–Crippen LogP) is 4.32. The van der Waals surface area contributed by atoms with Crippen molar-refractivity contribution in [3.05, 3.63) is 72.0 Å². The summed E-state index contributed by atoms with van der Waals surface area (Å²) in [4.78, 5) is 0. The predicted molar refractivity (Wildman–Crippen MR) is 98.4 cm³/mol. The first-order valence-electron chi connectivity index (χ1n) is 7.81. The van der Waals surface area contributed by atoms with Crippen molar-refractivity contribution in [2.45, 2.75) is 6.61 Å². The van der Waals surface area contributed by atoms with Gasteiger partial charge in [-0.25, -0.2) is 4.39 Å². The Bertz CT molecular complexity index is 879. The van der Waals surface area contributed by atoms with Crippen LogP contribution in [-0.2, 0) is 6.61 Å². The van der Waals surface area contributed by atoms with Crippen LogP contribution in [0.3, 0.4) is 0 Å². The van der Waals surface area contributed by atoms with Gasteiger partial charge >= 0.3 is 0 Å². The highest BCUT2D eigenvalue weighted by Gasteiger charge is 2.07. The molecule has 3 rings (SSSR count). The molecule has 0 saturated heterocycles. The van der Waals surface area contributed by atoms with Crippen LogP contribution in [0.15, 0.2) is 60.7 Å². The third-order valence-electron chi connectivity index (χ3n) is 3.95. The molecule has 0 aliphatic rings. The summed E-state index contributed by atoms with van der Waals surface area (Å²) in [7, 11) is 1.43. The minimum atomic E-state index is -0.412. The number of aliphatic hydroxyl groups is 1. The van der Waals surface area contributed by atoms with Gasteiger partial charge in [-0.3, -0.25) is 0 Å². The number of hydrogen-bond acceptors (Lipinski definition) is 4. The molecule has 0 unspecified atom stereocenters. The maximum atomic E-state index is 13.9. The summed E-state index contributed by atoms with van der Waals surface area (Å²) < 4.78 is 18.8. The summed E-state index contributed by atoms with van der Waals surface area (Å²) in [5.74, 6) is -0.203. The summed E-state index contributed by atoms with van der Waals surface area (Å²) in [6, 6.07) is 17.8. The molecule has 0 bridgehead atoms. The van der Waals surface area contributed by atoms with Crippen LogP contribution in [0.4, 0.5) is 21.5 Å². The smallest absolute Gasteiger partial charge is 0.165 e. The van der Waals surface area contributed by atoms with Gasteiger partial charge in [-0.1, -0.05) is 24.3 Å². The van der Waals surface area contributed by atoms with E-state index in [9.17, 15) is 4.39 Å². The first-order chi connectivity index (χ1) is 12.1. The fourth-order valence-electron chi connectivity index (χ4n) is 2.55. The zero-order valence-electron chi connectivity index (χ0n) is 13.8. The topological polar surface area (TPSA) is 67.5 Å². The van der Waals surface area contributed by atoms with Gasteiger partial charge in [-0.2, -0.15) is 0 Å². The van der Waals surface area contributed by atoms with Crippen molar-refractivity contribution in [3.63, 3.8) is 0 Å². The molecular weight excluding hydrogens is 319 g/mol. The summed E-state index contributed by atoms with van der Waals surface area (Å²) in [5, 5.41) is 12.3. The van der Waals surface area contributed by atoms with Gasteiger partial charge < -0.3 is 20.9 Å². The average Bonchev–Trinajstić information content (AvgIpc) is 2.64. The number of anilines is 3. The normalized spacial score (nSPS) is 10.5. The lowest BCUT2D eigenvalue weighted by atomic mass is 10.0. The van der Waals surface area contributed by atoms with Crippen LogP contribution in [0.2, 0.25) is 0 Å². The molecule has 0 saturated carbocycles. The van der Waals surface area contributed by atoms with Crippen LogP contribution in [0.5, 0.6) is 5.75 Å². The molecular formula is C20H19FN2O2. The quantitative estimate of drug-likeness (QED) is 0.606. The van der Waals surface area contributed by atoms with E-state index in [-0.39, 0.29) is 12.4 Å². The maximum Gasteiger partial charge on any atom is 0.165 e. The molecule has 4 N–H and O–H groups in total. The van der Waals surface area contributed by atoms with E-state index in [4.69, 9.17) is 15.6 Å². The lowest BCUT2D eigenvalue weighted by molar-refractivity contribution is 0.282. The minimum Gasteiger partial charge on any atom is -0.494 e. The Balaban J connectivity index is 1.83. The monoisotopic (exact) mass is 338 g/mol. The van der Waals surface area contributed by atoms with E-state index in [0.717, 1.165) is 28.1 Å². The Morgan fingerprint density at radius 3 is 2.28 bits per heavy atom. The molecule has 5 heteroatoms. The number of benzene rings is 3. The lowest BCUT2D eigenvalue weighted by Crippen LogP contribution is -1.97. The fourth-order valence-corrected chi connectivity index (χ4v) is 2.55. The number of nitrogens with two attached hydrogens (primary N) is 1. The Hall–Kier alpha value is -3.05. The van der Waals surface area contributed by atoms with E-state index in [1.807, 2.05) is 36.4 Å². The number of nitrogen functional groups attached to an aromatic ring is 1. The van der Waals surface area contributed by atoms with Crippen molar-refractivity contribution in [2.75, 3.05) is 18.2 Å². The number of nitrogens with one attached hydrogen (secondary N) is 1. The van der Waals surface area contributed by atoms with Gasteiger partial charge in [0, 0.05) is 5.69 Å². The number of halogens is 1. The largest absolute Gasteiger partial charge is 0.494 e. The third kappa shape index (κ3) is 3.72. The van der Waals surface area contributed by atoms with E-state index >= 15 is 0 Å². The Labute approximate surface area is 145 Å². The summed E-state index contributed by atoms with van der Waals surface area (Å²) >= 11 is 0. The van der Waals surface area contributed by atoms with Crippen molar-refractivity contribution in [1.29, 1.82) is 0 Å². The molecule has 0 aliphatic carbocycles. The van der Waals surface area contributed by atoms with Crippen LogP contribution in [0, 0.1) is 5.82 Å². The van der Waals surface area contributed by atoms with Crippen molar-refractivity contribution in [3.8, 4) is 16.9 Å². The second kappa shape index (κ2) is 7.23. The van der Waals surface area contributed by atoms with Gasteiger partial charge in [0.05, 0.1) is 25.1 Å². The molecule has 0 amide bonds. The van der Waals surface area contributed by atoms with Crippen molar-refractivity contribution in [2.24, 2.45) is 0 Å². The second-order valence-corrected chi connectivity index (χ2v) is 5.63. The Morgan fingerprint density at radius 1 is 1.00 bits per heavy atom. The van der Waals surface area contributed by atoms with Crippen LogP contribution in [0.1, 0.15) is 5.56 Å². The molecule has 0 aliphatic heterocycles. The highest BCUT2D eigenvalue weighted by atomic mass is 19.1. The van der Waals surface area contributed by atoms with E-state index in [1.54, 1.807) is 18.2 Å². The number of aliphatic hydroxyl groups excluding tert-OH is 1. The third-order valence-corrected chi connectivity index (χ3v) is 3.95. The molecule has 0 radical (unpaired) electrons. The molecule has 3 aromatic rings. The number of ether oxygens (including phenoxy) is 1. The molecule has 25 heavy (non-hydrogen) atoms. The average molecular weight is 338 g/mol. The Morgan fingerprint density at radius 2 is 1.68 bits per heavy atom. The zero-order valence-corrected chi connectivity index (χ0v) is 13.8.